The Morgan fingerprint density at radius 2 is 1.76 bits per heavy atom. The summed E-state index contributed by atoms with van der Waals surface area (Å²) in [7, 11) is -3.68. The summed E-state index contributed by atoms with van der Waals surface area (Å²) in [5.74, 6) is -1.17. The second-order valence-electron chi connectivity index (χ2n) is 6.25. The SMILES string of the molecule is CCOC(=O)c1cc(NC(=O)CN(c2ccc(CC)cc2)S(C)(=O)=O)ccc1Cl. The first-order chi connectivity index (χ1) is 13.7. The molecule has 7 nitrogen and oxygen atoms in total. The molecule has 1 N–H and O–H groups in total. The van der Waals surface area contributed by atoms with Gasteiger partial charge in [-0.1, -0.05) is 30.7 Å². The Kier molecular flexibility index (Phi) is 7.64. The van der Waals surface area contributed by atoms with Crippen LogP contribution in [0.5, 0.6) is 0 Å². The van der Waals surface area contributed by atoms with E-state index in [1.54, 1.807) is 19.1 Å². The van der Waals surface area contributed by atoms with Crippen LogP contribution in [0.1, 0.15) is 29.8 Å². The van der Waals surface area contributed by atoms with Crippen LogP contribution in [0.3, 0.4) is 0 Å². The predicted molar refractivity (Wildman–Crippen MR) is 114 cm³/mol. The molecule has 0 spiro atoms. The molecule has 2 rings (SSSR count). The fourth-order valence-electron chi connectivity index (χ4n) is 2.60. The van der Waals surface area contributed by atoms with Crippen molar-refractivity contribution in [1.82, 2.24) is 0 Å². The standard InChI is InChI=1S/C20H23ClN2O5S/c1-4-14-6-9-16(10-7-14)23(29(3,26)27)13-19(24)22-15-8-11-18(21)17(12-15)20(25)28-5-2/h6-12H,4-5,13H2,1-3H3,(H,22,24). The van der Waals surface area contributed by atoms with Crippen LogP contribution >= 0.6 is 11.6 Å². The summed E-state index contributed by atoms with van der Waals surface area (Å²) >= 11 is 6.01. The summed E-state index contributed by atoms with van der Waals surface area (Å²) < 4.78 is 30.4. The summed E-state index contributed by atoms with van der Waals surface area (Å²) in [6, 6.07) is 11.3. The Hall–Kier alpha value is -2.58. The van der Waals surface area contributed by atoms with Crippen LogP contribution in [-0.2, 0) is 26.0 Å². The smallest absolute Gasteiger partial charge is 0.339 e. The van der Waals surface area contributed by atoms with Gasteiger partial charge in [0, 0.05) is 5.69 Å². The third-order valence-electron chi connectivity index (χ3n) is 4.07. The van der Waals surface area contributed by atoms with E-state index < -0.39 is 28.4 Å². The highest BCUT2D eigenvalue weighted by molar-refractivity contribution is 7.92. The minimum Gasteiger partial charge on any atom is -0.462 e. The number of aryl methyl sites for hydroxylation is 1. The van der Waals surface area contributed by atoms with Gasteiger partial charge in [0.2, 0.25) is 15.9 Å². The van der Waals surface area contributed by atoms with Gasteiger partial charge in [0.05, 0.1) is 29.1 Å². The molecule has 0 bridgehead atoms. The van der Waals surface area contributed by atoms with Crippen molar-refractivity contribution in [3.8, 4) is 0 Å². The van der Waals surface area contributed by atoms with Crippen LogP contribution in [0.4, 0.5) is 11.4 Å². The number of rotatable bonds is 8. The van der Waals surface area contributed by atoms with Gasteiger partial charge >= 0.3 is 5.97 Å². The number of hydrogen-bond acceptors (Lipinski definition) is 5. The summed E-state index contributed by atoms with van der Waals surface area (Å²) in [5, 5.41) is 2.78. The van der Waals surface area contributed by atoms with E-state index in [0.29, 0.717) is 11.4 Å². The zero-order valence-corrected chi connectivity index (χ0v) is 18.0. The van der Waals surface area contributed by atoms with E-state index in [4.69, 9.17) is 16.3 Å². The maximum Gasteiger partial charge on any atom is 0.339 e. The maximum absolute atomic E-state index is 12.5. The second-order valence-corrected chi connectivity index (χ2v) is 8.57. The molecule has 29 heavy (non-hydrogen) atoms. The first-order valence-corrected chi connectivity index (χ1v) is 11.2. The zero-order valence-electron chi connectivity index (χ0n) is 16.4. The molecule has 0 aliphatic rings. The van der Waals surface area contributed by atoms with Crippen molar-refractivity contribution in [1.29, 1.82) is 0 Å². The summed E-state index contributed by atoms with van der Waals surface area (Å²) in [4.78, 5) is 24.4. The molecule has 0 aliphatic carbocycles. The fraction of sp³-hybridized carbons (Fsp3) is 0.300. The van der Waals surface area contributed by atoms with E-state index in [-0.39, 0.29) is 17.2 Å². The van der Waals surface area contributed by atoms with E-state index in [1.807, 2.05) is 19.1 Å². The highest BCUT2D eigenvalue weighted by atomic mass is 35.5. The number of carbonyl (C=O) groups is 2. The predicted octanol–water partition coefficient (Wildman–Crippen LogP) is 3.48. The van der Waals surface area contributed by atoms with Gasteiger partial charge in [-0.05, 0) is 49.2 Å². The van der Waals surface area contributed by atoms with Crippen molar-refractivity contribution < 1.29 is 22.7 Å². The molecule has 1 amide bonds. The monoisotopic (exact) mass is 438 g/mol. The number of benzene rings is 2. The number of sulfonamides is 1. The topological polar surface area (TPSA) is 92.8 Å². The first kappa shape index (κ1) is 22.7. The minimum absolute atomic E-state index is 0.112. The molecule has 0 aliphatic heterocycles. The van der Waals surface area contributed by atoms with Crippen LogP contribution in [0, 0.1) is 0 Å². The van der Waals surface area contributed by atoms with Crippen LogP contribution in [0.15, 0.2) is 42.5 Å². The highest BCUT2D eigenvalue weighted by Crippen LogP contribution is 2.22. The van der Waals surface area contributed by atoms with Gasteiger partial charge in [0.15, 0.2) is 0 Å². The highest BCUT2D eigenvalue weighted by Gasteiger charge is 2.21. The number of esters is 1. The lowest BCUT2D eigenvalue weighted by molar-refractivity contribution is -0.114. The quantitative estimate of drug-likeness (QED) is 0.637. The van der Waals surface area contributed by atoms with Crippen LogP contribution in [-0.4, -0.2) is 39.7 Å². The van der Waals surface area contributed by atoms with Crippen LogP contribution in [0.25, 0.3) is 0 Å². The second kappa shape index (κ2) is 9.76. The summed E-state index contributed by atoms with van der Waals surface area (Å²) in [5.41, 5.74) is 1.86. The Balaban J connectivity index is 2.20. The van der Waals surface area contributed by atoms with Crippen LogP contribution in [0.2, 0.25) is 5.02 Å². The van der Waals surface area contributed by atoms with Crippen molar-refractivity contribution in [2.45, 2.75) is 20.3 Å². The molecule has 0 radical (unpaired) electrons. The molecule has 2 aromatic carbocycles. The van der Waals surface area contributed by atoms with Crippen molar-refractivity contribution in [2.75, 3.05) is 29.0 Å². The molecule has 156 valence electrons. The van der Waals surface area contributed by atoms with E-state index in [0.717, 1.165) is 22.5 Å². The van der Waals surface area contributed by atoms with Crippen LogP contribution < -0.4 is 9.62 Å². The third-order valence-corrected chi connectivity index (χ3v) is 5.54. The van der Waals surface area contributed by atoms with E-state index in [9.17, 15) is 18.0 Å². The zero-order chi connectivity index (χ0) is 21.6. The van der Waals surface area contributed by atoms with Gasteiger partial charge in [-0.2, -0.15) is 0 Å². The van der Waals surface area contributed by atoms with Crippen molar-refractivity contribution in [3.05, 3.63) is 58.6 Å². The minimum atomic E-state index is -3.68. The third kappa shape index (κ3) is 6.20. The van der Waals surface area contributed by atoms with E-state index >= 15 is 0 Å². The molecule has 2 aromatic rings. The molecule has 9 heteroatoms. The number of nitrogens with one attached hydrogen (secondary N) is 1. The molecule has 0 atom stereocenters. The van der Waals surface area contributed by atoms with Gasteiger partial charge in [-0.3, -0.25) is 9.10 Å². The summed E-state index contributed by atoms with van der Waals surface area (Å²) in [6.45, 7) is 3.44. The lowest BCUT2D eigenvalue weighted by Crippen LogP contribution is -2.37. The molecule has 0 fully saturated rings. The van der Waals surface area contributed by atoms with E-state index in [1.165, 1.54) is 18.2 Å². The molecule has 0 aromatic heterocycles. The Bertz CT molecular complexity index is 990. The first-order valence-electron chi connectivity index (χ1n) is 8.98. The number of nitrogens with zero attached hydrogens (tertiary/aromatic N) is 1. The Morgan fingerprint density at radius 3 is 2.31 bits per heavy atom. The van der Waals surface area contributed by atoms with E-state index in [2.05, 4.69) is 5.32 Å². The molecule has 0 saturated heterocycles. The Morgan fingerprint density at radius 1 is 1.10 bits per heavy atom. The molecular formula is C20H23ClN2O5S. The number of ether oxygens (including phenoxy) is 1. The van der Waals surface area contributed by atoms with Crippen molar-refractivity contribution >= 4 is 44.9 Å². The number of carbonyl (C=O) groups excluding carboxylic acids is 2. The lowest BCUT2D eigenvalue weighted by atomic mass is 10.1. The number of amides is 1. The van der Waals surface area contributed by atoms with Gasteiger partial charge < -0.3 is 10.1 Å². The number of hydrogen-bond donors (Lipinski definition) is 1. The van der Waals surface area contributed by atoms with Gasteiger partial charge in [-0.15, -0.1) is 0 Å². The van der Waals surface area contributed by atoms with Crippen molar-refractivity contribution in [2.24, 2.45) is 0 Å². The van der Waals surface area contributed by atoms with Gasteiger partial charge in [-0.25, -0.2) is 13.2 Å². The number of halogens is 1. The molecular weight excluding hydrogens is 416 g/mol. The average molecular weight is 439 g/mol. The Labute approximate surface area is 175 Å². The fourth-order valence-corrected chi connectivity index (χ4v) is 3.65. The molecule has 0 saturated carbocycles. The lowest BCUT2D eigenvalue weighted by Gasteiger charge is -2.22. The summed E-state index contributed by atoms with van der Waals surface area (Å²) in [6.07, 6.45) is 1.86. The van der Waals surface area contributed by atoms with Crippen molar-refractivity contribution in [3.63, 3.8) is 0 Å². The normalized spacial score (nSPS) is 11.0. The molecule has 0 unspecified atom stereocenters. The largest absolute Gasteiger partial charge is 0.462 e. The van der Waals surface area contributed by atoms with Gasteiger partial charge in [0.25, 0.3) is 0 Å². The number of anilines is 2. The maximum atomic E-state index is 12.5. The average Bonchev–Trinajstić information content (AvgIpc) is 2.67. The van der Waals surface area contributed by atoms with Gasteiger partial charge in [0.1, 0.15) is 6.54 Å². The molecule has 0 heterocycles.